The smallest absolute Gasteiger partial charge is 0.420 e. The van der Waals surface area contributed by atoms with Gasteiger partial charge >= 0.3 is 6.16 Å². The summed E-state index contributed by atoms with van der Waals surface area (Å²) >= 11 is 3.22. The molecule has 1 aromatic heterocycles. The highest BCUT2D eigenvalue weighted by atomic mass is 79.9. The number of non-ortho nitro benzene ring substituents is 1. The summed E-state index contributed by atoms with van der Waals surface area (Å²) in [5.41, 5.74) is -1.20. The summed E-state index contributed by atoms with van der Waals surface area (Å²) in [5, 5.41) is 10.6. The number of nitro groups is 1. The first kappa shape index (κ1) is 16.8. The molecule has 1 aromatic carbocycles. The molecule has 0 amide bonds. The summed E-state index contributed by atoms with van der Waals surface area (Å²) in [6, 6.07) is 5.07. The van der Waals surface area contributed by atoms with Crippen LogP contribution in [0.4, 0.5) is 10.5 Å². The molecular weight excluding hydrogens is 370 g/mol. The van der Waals surface area contributed by atoms with E-state index in [1.165, 1.54) is 36.7 Å². The number of carbonyl (C=O) groups excluding carboxylic acids is 1. The fourth-order valence-corrected chi connectivity index (χ4v) is 1.83. The first-order chi connectivity index (χ1) is 10.8. The van der Waals surface area contributed by atoms with Crippen LogP contribution in [0.1, 0.15) is 19.7 Å². The highest BCUT2D eigenvalue weighted by Gasteiger charge is 2.29. The molecule has 9 heteroatoms. The van der Waals surface area contributed by atoms with Gasteiger partial charge in [-0.1, -0.05) is 0 Å². The Labute approximate surface area is 139 Å². The molecule has 1 heterocycles. The second-order valence-electron chi connectivity index (χ2n) is 4.94. The molecule has 0 radical (unpaired) electrons. The number of nitro benzene ring substituents is 1. The van der Waals surface area contributed by atoms with Gasteiger partial charge in [-0.2, -0.15) is 0 Å². The van der Waals surface area contributed by atoms with Crippen LogP contribution in [-0.4, -0.2) is 21.0 Å². The van der Waals surface area contributed by atoms with Crippen molar-refractivity contribution in [2.75, 3.05) is 0 Å². The van der Waals surface area contributed by atoms with Gasteiger partial charge < -0.3 is 9.47 Å². The zero-order chi connectivity index (χ0) is 17.0. The molecule has 0 aliphatic carbocycles. The van der Waals surface area contributed by atoms with Crippen LogP contribution in [-0.2, 0) is 10.3 Å². The van der Waals surface area contributed by atoms with Crippen LogP contribution >= 0.6 is 15.9 Å². The normalized spacial score (nSPS) is 10.9. The fraction of sp³-hybridized carbons (Fsp3) is 0.214. The number of halogens is 1. The van der Waals surface area contributed by atoms with E-state index in [4.69, 9.17) is 9.47 Å². The van der Waals surface area contributed by atoms with Gasteiger partial charge in [-0.15, -0.1) is 0 Å². The maximum absolute atomic E-state index is 11.8. The van der Waals surface area contributed by atoms with Gasteiger partial charge in [-0.05, 0) is 41.9 Å². The summed E-state index contributed by atoms with van der Waals surface area (Å²) in [6.07, 6.45) is 2.11. The quantitative estimate of drug-likeness (QED) is 0.344. The predicted octanol–water partition coefficient (Wildman–Crippen LogP) is 3.60. The lowest BCUT2D eigenvalue weighted by Gasteiger charge is -2.22. The van der Waals surface area contributed by atoms with Crippen LogP contribution in [0.2, 0.25) is 0 Å². The van der Waals surface area contributed by atoms with Crippen LogP contribution in [0.3, 0.4) is 0 Å². The van der Waals surface area contributed by atoms with Crippen molar-refractivity contribution in [2.45, 2.75) is 19.4 Å². The largest absolute Gasteiger partial charge is 0.514 e. The summed E-state index contributed by atoms with van der Waals surface area (Å²) in [5.74, 6) is 0.439. The van der Waals surface area contributed by atoms with Gasteiger partial charge in [0.2, 0.25) is 0 Å². The van der Waals surface area contributed by atoms with E-state index >= 15 is 0 Å². The van der Waals surface area contributed by atoms with Crippen LogP contribution in [0, 0.1) is 10.1 Å². The van der Waals surface area contributed by atoms with E-state index < -0.39 is 16.7 Å². The fourth-order valence-electron chi connectivity index (χ4n) is 1.63. The van der Waals surface area contributed by atoms with Crippen molar-refractivity contribution in [3.8, 4) is 5.75 Å². The zero-order valence-corrected chi connectivity index (χ0v) is 13.8. The number of rotatable bonds is 4. The Morgan fingerprint density at radius 3 is 2.30 bits per heavy atom. The molecule has 0 saturated heterocycles. The first-order valence-electron chi connectivity index (χ1n) is 6.41. The molecule has 23 heavy (non-hydrogen) atoms. The maximum atomic E-state index is 11.8. The van der Waals surface area contributed by atoms with Crippen molar-refractivity contribution in [1.82, 2.24) is 9.97 Å². The Balaban J connectivity index is 2.03. The van der Waals surface area contributed by atoms with E-state index in [1.807, 2.05) is 0 Å². The molecule has 0 spiro atoms. The number of hydrogen-bond acceptors (Lipinski definition) is 7. The summed E-state index contributed by atoms with van der Waals surface area (Å²) in [6.45, 7) is 3.24. The van der Waals surface area contributed by atoms with Crippen molar-refractivity contribution >= 4 is 27.8 Å². The second kappa shape index (κ2) is 6.69. The van der Waals surface area contributed by atoms with E-state index in [-0.39, 0.29) is 11.4 Å². The highest BCUT2D eigenvalue weighted by Crippen LogP contribution is 2.24. The Morgan fingerprint density at radius 1 is 1.22 bits per heavy atom. The standard InChI is InChI=1S/C14H12BrN3O5/c1-14(2,12-16-7-9(15)8-17-12)23-13(19)22-11-5-3-10(4-6-11)18(20)21/h3-8H,1-2H3. The lowest BCUT2D eigenvalue weighted by molar-refractivity contribution is -0.384. The number of ether oxygens (including phenoxy) is 2. The molecule has 0 bridgehead atoms. The number of benzene rings is 1. The van der Waals surface area contributed by atoms with Crippen molar-refractivity contribution in [3.63, 3.8) is 0 Å². The number of aromatic nitrogens is 2. The number of carbonyl (C=O) groups is 1. The zero-order valence-electron chi connectivity index (χ0n) is 12.2. The average Bonchev–Trinajstić information content (AvgIpc) is 2.47. The van der Waals surface area contributed by atoms with E-state index in [1.54, 1.807) is 13.8 Å². The van der Waals surface area contributed by atoms with Gasteiger partial charge in [-0.3, -0.25) is 10.1 Å². The van der Waals surface area contributed by atoms with Crippen molar-refractivity contribution in [2.24, 2.45) is 0 Å². The molecule has 2 aromatic rings. The first-order valence-corrected chi connectivity index (χ1v) is 7.20. The third kappa shape index (κ3) is 4.46. The molecule has 0 atom stereocenters. The van der Waals surface area contributed by atoms with Crippen molar-refractivity contribution in [3.05, 3.63) is 57.1 Å². The monoisotopic (exact) mass is 381 g/mol. The highest BCUT2D eigenvalue weighted by molar-refractivity contribution is 9.10. The third-order valence-corrected chi connectivity index (χ3v) is 3.16. The topological polar surface area (TPSA) is 104 Å². The SMILES string of the molecule is CC(C)(OC(=O)Oc1ccc([N+](=O)[O-])cc1)c1ncc(Br)cn1. The number of hydrogen-bond donors (Lipinski definition) is 0. The van der Waals surface area contributed by atoms with Crippen molar-refractivity contribution in [1.29, 1.82) is 0 Å². The number of nitrogens with zero attached hydrogens (tertiary/aromatic N) is 3. The molecule has 0 N–H and O–H groups in total. The van der Waals surface area contributed by atoms with Crippen LogP contribution in [0.15, 0.2) is 41.1 Å². The maximum Gasteiger partial charge on any atom is 0.514 e. The van der Waals surface area contributed by atoms with Gasteiger partial charge in [0.25, 0.3) is 5.69 Å². The summed E-state index contributed by atoms with van der Waals surface area (Å²) in [4.78, 5) is 30.0. The van der Waals surface area contributed by atoms with Gasteiger partial charge in [-0.25, -0.2) is 14.8 Å². The van der Waals surface area contributed by atoms with E-state index in [0.29, 0.717) is 10.3 Å². The molecule has 0 fully saturated rings. The van der Waals surface area contributed by atoms with E-state index in [2.05, 4.69) is 25.9 Å². The van der Waals surface area contributed by atoms with Crippen LogP contribution < -0.4 is 4.74 Å². The third-order valence-electron chi connectivity index (χ3n) is 2.75. The average molecular weight is 382 g/mol. The molecule has 0 saturated carbocycles. The van der Waals surface area contributed by atoms with E-state index in [9.17, 15) is 14.9 Å². The Morgan fingerprint density at radius 2 is 1.78 bits per heavy atom. The molecule has 8 nitrogen and oxygen atoms in total. The molecule has 0 unspecified atom stereocenters. The molecule has 0 aliphatic rings. The van der Waals surface area contributed by atoms with Gasteiger partial charge in [0.15, 0.2) is 11.4 Å². The second-order valence-corrected chi connectivity index (χ2v) is 5.86. The Bertz CT molecular complexity index is 716. The van der Waals surface area contributed by atoms with Gasteiger partial charge in [0.05, 0.1) is 9.40 Å². The van der Waals surface area contributed by atoms with Gasteiger partial charge in [0, 0.05) is 24.5 Å². The lowest BCUT2D eigenvalue weighted by atomic mass is 10.1. The van der Waals surface area contributed by atoms with Crippen molar-refractivity contribution < 1.29 is 19.2 Å². The molecule has 120 valence electrons. The van der Waals surface area contributed by atoms with Crippen LogP contribution in [0.25, 0.3) is 0 Å². The lowest BCUT2D eigenvalue weighted by Crippen LogP contribution is -2.29. The molecular formula is C14H12BrN3O5. The summed E-state index contributed by atoms with van der Waals surface area (Å²) in [7, 11) is 0. The molecule has 2 rings (SSSR count). The van der Waals surface area contributed by atoms with Crippen LogP contribution in [0.5, 0.6) is 5.75 Å². The minimum atomic E-state index is -1.10. The minimum Gasteiger partial charge on any atom is -0.420 e. The predicted molar refractivity (Wildman–Crippen MR) is 83.0 cm³/mol. The van der Waals surface area contributed by atoms with E-state index in [0.717, 1.165) is 0 Å². The Hall–Kier alpha value is -2.55. The molecule has 0 aliphatic heterocycles. The van der Waals surface area contributed by atoms with Gasteiger partial charge in [0.1, 0.15) is 5.75 Å². The minimum absolute atomic E-state index is 0.102. The summed E-state index contributed by atoms with van der Waals surface area (Å²) < 4.78 is 10.9. The Kier molecular flexibility index (Phi) is 4.89.